The Morgan fingerprint density at radius 1 is 0.592 bits per heavy atom. The third kappa shape index (κ3) is 19.6. The largest absolute Gasteiger partial charge is 0.491 e. The van der Waals surface area contributed by atoms with Crippen molar-refractivity contribution in [1.82, 2.24) is 9.80 Å². The van der Waals surface area contributed by atoms with Crippen molar-refractivity contribution in [3.63, 3.8) is 0 Å². The number of ether oxygens (including phenoxy) is 6. The minimum Gasteiger partial charge on any atom is -0.491 e. The summed E-state index contributed by atoms with van der Waals surface area (Å²) in [6, 6.07) is 12.9. The van der Waals surface area contributed by atoms with Crippen LogP contribution in [0, 0.1) is 0 Å². The lowest BCUT2D eigenvalue weighted by molar-refractivity contribution is -0.0325. The number of sulfone groups is 1. The van der Waals surface area contributed by atoms with Gasteiger partial charge in [0, 0.05) is 51.0 Å². The molecule has 2 atom stereocenters. The maximum atomic E-state index is 13.3. The van der Waals surface area contributed by atoms with Gasteiger partial charge < -0.3 is 38.2 Å². The maximum Gasteiger partial charge on any atom is 0.206 e. The average molecular weight is 745 g/mol. The van der Waals surface area contributed by atoms with Gasteiger partial charge >= 0.3 is 0 Å². The summed E-state index contributed by atoms with van der Waals surface area (Å²) >= 11 is 3.87. The van der Waals surface area contributed by atoms with Crippen molar-refractivity contribution < 1.29 is 36.8 Å². The van der Waals surface area contributed by atoms with Gasteiger partial charge in [-0.25, -0.2) is 8.42 Å². The SMILES string of the molecule is CCOC(COCCCSCCN(C)C)COc1ccc(S(=O)(=O)c2ccc(OCC(COCCCSCCN(C)C)OCC)cc2)cc1. The van der Waals surface area contributed by atoms with Gasteiger partial charge in [-0.2, -0.15) is 23.5 Å². The second kappa shape index (κ2) is 26.3. The van der Waals surface area contributed by atoms with Crippen LogP contribution in [-0.4, -0.2) is 148 Å². The fourth-order valence-electron chi connectivity index (χ4n) is 4.36. The van der Waals surface area contributed by atoms with Gasteiger partial charge in [0.1, 0.15) is 36.9 Å². The molecule has 0 bridgehead atoms. The maximum absolute atomic E-state index is 13.3. The number of hydrogen-bond acceptors (Lipinski definition) is 12. The lowest BCUT2D eigenvalue weighted by Gasteiger charge is -2.18. The molecule has 0 aliphatic carbocycles. The molecule has 0 fully saturated rings. The molecule has 280 valence electrons. The molecule has 2 rings (SSSR count). The van der Waals surface area contributed by atoms with Crippen molar-refractivity contribution in [2.45, 2.75) is 48.7 Å². The Labute approximate surface area is 304 Å². The van der Waals surface area contributed by atoms with Crippen LogP contribution in [0.4, 0.5) is 0 Å². The van der Waals surface area contributed by atoms with Crippen LogP contribution in [0.3, 0.4) is 0 Å². The summed E-state index contributed by atoms with van der Waals surface area (Å²) in [5.74, 6) is 5.51. The topological polar surface area (TPSA) is 96.0 Å². The molecule has 13 heteroatoms. The van der Waals surface area contributed by atoms with Gasteiger partial charge in [-0.3, -0.25) is 0 Å². The summed E-state index contributed by atoms with van der Waals surface area (Å²) in [4.78, 5) is 4.75. The fraction of sp³-hybridized carbons (Fsp3) is 0.667. The van der Waals surface area contributed by atoms with Gasteiger partial charge in [-0.15, -0.1) is 0 Å². The molecule has 10 nitrogen and oxygen atoms in total. The van der Waals surface area contributed by atoms with Gasteiger partial charge in [0.15, 0.2) is 0 Å². The third-order valence-corrected chi connectivity index (χ3v) is 11.0. The summed E-state index contributed by atoms with van der Waals surface area (Å²) in [6.07, 6.45) is 1.56. The highest BCUT2D eigenvalue weighted by Crippen LogP contribution is 2.25. The Morgan fingerprint density at radius 2 is 0.980 bits per heavy atom. The van der Waals surface area contributed by atoms with Crippen LogP contribution in [0.2, 0.25) is 0 Å². The molecule has 0 saturated carbocycles. The van der Waals surface area contributed by atoms with Crippen LogP contribution in [0.1, 0.15) is 26.7 Å². The normalized spacial score (nSPS) is 13.2. The van der Waals surface area contributed by atoms with Crippen molar-refractivity contribution in [2.24, 2.45) is 0 Å². The number of benzene rings is 2. The number of nitrogens with zero attached hydrogens (tertiary/aromatic N) is 2. The fourth-order valence-corrected chi connectivity index (χ4v) is 7.66. The zero-order valence-corrected chi connectivity index (χ0v) is 32.9. The first-order chi connectivity index (χ1) is 23.6. The van der Waals surface area contributed by atoms with Crippen molar-refractivity contribution in [3.05, 3.63) is 48.5 Å². The molecule has 0 aliphatic rings. The highest BCUT2D eigenvalue weighted by atomic mass is 32.2. The number of rotatable bonds is 30. The highest BCUT2D eigenvalue weighted by Gasteiger charge is 2.19. The zero-order chi connectivity index (χ0) is 35.7. The molecule has 49 heavy (non-hydrogen) atoms. The summed E-state index contributed by atoms with van der Waals surface area (Å²) in [5.41, 5.74) is 0. The molecule has 0 saturated heterocycles. The average Bonchev–Trinajstić information content (AvgIpc) is 3.08. The van der Waals surface area contributed by atoms with Crippen LogP contribution in [0.25, 0.3) is 0 Å². The smallest absolute Gasteiger partial charge is 0.206 e. The Kier molecular flexibility index (Phi) is 23.4. The lowest BCUT2D eigenvalue weighted by Crippen LogP contribution is -2.27. The van der Waals surface area contributed by atoms with Crippen LogP contribution in [0.15, 0.2) is 58.3 Å². The molecule has 0 radical (unpaired) electrons. The second-order valence-corrected chi connectivity index (χ2v) is 16.3. The summed E-state index contributed by atoms with van der Waals surface area (Å²) in [7, 11) is 4.62. The Balaban J connectivity index is 1.77. The molecule has 0 aliphatic heterocycles. The van der Waals surface area contributed by atoms with E-state index in [-0.39, 0.29) is 22.0 Å². The summed E-state index contributed by atoms with van der Waals surface area (Å²) in [5, 5.41) is 0. The molecule has 0 heterocycles. The molecule has 0 N–H and O–H groups in total. The van der Waals surface area contributed by atoms with Gasteiger partial charge in [0.25, 0.3) is 0 Å². The predicted octanol–water partition coefficient (Wildman–Crippen LogP) is 5.49. The monoisotopic (exact) mass is 744 g/mol. The number of hydrogen-bond donors (Lipinski definition) is 0. The predicted molar refractivity (Wildman–Crippen MR) is 203 cm³/mol. The number of thioether (sulfide) groups is 2. The minimum absolute atomic E-state index is 0.186. The van der Waals surface area contributed by atoms with E-state index in [1.807, 2.05) is 37.4 Å². The first-order valence-corrected chi connectivity index (χ1v) is 21.0. The van der Waals surface area contributed by atoms with Crippen molar-refractivity contribution in [1.29, 1.82) is 0 Å². The molecule has 0 spiro atoms. The molecule has 0 amide bonds. The molecule has 2 aromatic carbocycles. The van der Waals surface area contributed by atoms with E-state index in [1.165, 1.54) is 0 Å². The van der Waals surface area contributed by atoms with E-state index in [2.05, 4.69) is 38.0 Å². The van der Waals surface area contributed by atoms with Crippen LogP contribution >= 0.6 is 23.5 Å². The molecule has 0 aromatic heterocycles. The van der Waals surface area contributed by atoms with Gasteiger partial charge in [-0.05, 0) is 115 Å². The van der Waals surface area contributed by atoms with E-state index < -0.39 is 9.84 Å². The quantitative estimate of drug-likeness (QED) is 0.0948. The molecular formula is C36H60N2O8S3. The van der Waals surface area contributed by atoms with Gasteiger partial charge in [-0.1, -0.05) is 0 Å². The molecule has 2 aromatic rings. The van der Waals surface area contributed by atoms with Crippen molar-refractivity contribution in [2.75, 3.05) is 117 Å². The van der Waals surface area contributed by atoms with Crippen LogP contribution in [-0.2, 0) is 28.8 Å². The zero-order valence-electron chi connectivity index (χ0n) is 30.5. The lowest BCUT2D eigenvalue weighted by atomic mass is 10.3. The van der Waals surface area contributed by atoms with E-state index in [9.17, 15) is 8.42 Å². The van der Waals surface area contributed by atoms with Gasteiger partial charge in [0.2, 0.25) is 9.84 Å². The van der Waals surface area contributed by atoms with E-state index in [1.54, 1.807) is 48.5 Å². The Bertz CT molecular complexity index is 1110. The first kappa shape index (κ1) is 43.6. The minimum atomic E-state index is -3.72. The van der Waals surface area contributed by atoms with Gasteiger partial charge in [0.05, 0.1) is 23.0 Å². The van der Waals surface area contributed by atoms with E-state index >= 15 is 0 Å². The standard InChI is InChI=1S/C36H60N2O8S3/c1-7-43-33(27-41-21-9-23-47-25-19-37(3)4)29-45-31-11-15-35(16-12-31)49(39,40)36-17-13-32(14-18-36)46-30-34(44-8-2)28-42-22-10-24-48-26-20-38(5)6/h11-18,33-34H,7-10,19-30H2,1-6H3. The highest BCUT2D eigenvalue weighted by molar-refractivity contribution is 7.99. The van der Waals surface area contributed by atoms with E-state index in [4.69, 9.17) is 28.4 Å². The van der Waals surface area contributed by atoms with Crippen molar-refractivity contribution in [3.8, 4) is 11.5 Å². The van der Waals surface area contributed by atoms with E-state index in [0.29, 0.717) is 64.4 Å². The Hall–Kier alpha value is -1.55. The van der Waals surface area contributed by atoms with Crippen LogP contribution < -0.4 is 9.47 Å². The van der Waals surface area contributed by atoms with Crippen molar-refractivity contribution >= 4 is 33.4 Å². The molecule has 2 unspecified atom stereocenters. The molecular weight excluding hydrogens is 685 g/mol. The van der Waals surface area contributed by atoms with E-state index in [0.717, 1.165) is 48.9 Å². The van der Waals surface area contributed by atoms with Crippen LogP contribution in [0.5, 0.6) is 11.5 Å². The first-order valence-electron chi connectivity index (χ1n) is 17.2. The Morgan fingerprint density at radius 3 is 1.33 bits per heavy atom. The second-order valence-electron chi connectivity index (χ2n) is 11.9. The summed E-state index contributed by atoms with van der Waals surface area (Å²) < 4.78 is 61.7. The third-order valence-electron chi connectivity index (χ3n) is 7.07. The summed E-state index contributed by atoms with van der Waals surface area (Å²) in [6.45, 7) is 10.0.